The molecule has 0 radical (unpaired) electrons. The number of carbonyl (C=O) groups excluding carboxylic acids is 1. The molecule has 5 nitrogen and oxygen atoms in total. The lowest BCUT2D eigenvalue weighted by molar-refractivity contribution is -0.129. The second kappa shape index (κ2) is 6.59. The van der Waals surface area contributed by atoms with Gasteiger partial charge in [0.05, 0.1) is 12.6 Å². The number of hydrogen-bond donors (Lipinski definition) is 0. The van der Waals surface area contributed by atoms with Crippen molar-refractivity contribution < 1.29 is 4.79 Å². The Morgan fingerprint density at radius 3 is 2.75 bits per heavy atom. The number of carbonyl (C=O) groups is 1. The molecule has 1 aliphatic heterocycles. The van der Waals surface area contributed by atoms with Gasteiger partial charge in [-0.3, -0.25) is 4.79 Å². The quantitative estimate of drug-likeness (QED) is 0.813. The van der Waals surface area contributed by atoms with E-state index in [0.717, 1.165) is 24.5 Å². The van der Waals surface area contributed by atoms with Gasteiger partial charge in [-0.05, 0) is 50.0 Å². The van der Waals surface area contributed by atoms with E-state index in [4.69, 9.17) is 0 Å². The number of aromatic nitrogens is 3. The first-order chi connectivity index (χ1) is 11.5. The number of amides is 1. The van der Waals surface area contributed by atoms with Crippen molar-refractivity contribution in [2.24, 2.45) is 0 Å². The maximum atomic E-state index is 12.5. The summed E-state index contributed by atoms with van der Waals surface area (Å²) in [7, 11) is 0. The molecule has 1 unspecified atom stereocenters. The number of aryl methyl sites for hydroxylation is 4. The molecule has 0 saturated carbocycles. The molecule has 1 aromatic carbocycles. The van der Waals surface area contributed by atoms with Gasteiger partial charge in [0.15, 0.2) is 0 Å². The number of rotatable bonds is 4. The van der Waals surface area contributed by atoms with Gasteiger partial charge in [0.25, 0.3) is 0 Å². The van der Waals surface area contributed by atoms with Crippen LogP contribution in [0.5, 0.6) is 0 Å². The Balaban J connectivity index is 1.88. The monoisotopic (exact) mass is 324 g/mol. The second-order valence-corrected chi connectivity index (χ2v) is 6.49. The van der Waals surface area contributed by atoms with Gasteiger partial charge in [-0.15, -0.1) is 0 Å². The van der Waals surface area contributed by atoms with E-state index in [1.54, 1.807) is 0 Å². The molecule has 0 fully saturated rings. The van der Waals surface area contributed by atoms with Crippen LogP contribution in [0.15, 0.2) is 30.9 Å². The lowest BCUT2D eigenvalue weighted by atomic mass is 10.00. The zero-order valence-corrected chi connectivity index (χ0v) is 14.6. The summed E-state index contributed by atoms with van der Waals surface area (Å²) in [6, 6.07) is 6.36. The summed E-state index contributed by atoms with van der Waals surface area (Å²) < 4.78 is 1.94. The summed E-state index contributed by atoms with van der Waals surface area (Å²) in [5.74, 6) is 1.78. The molecular formula is C19H24N4O. The van der Waals surface area contributed by atoms with Gasteiger partial charge in [-0.2, -0.15) is 5.10 Å². The van der Waals surface area contributed by atoms with E-state index in [-0.39, 0.29) is 11.9 Å². The fourth-order valence-electron chi connectivity index (χ4n) is 3.44. The Bertz CT molecular complexity index is 757. The average molecular weight is 324 g/mol. The topological polar surface area (TPSA) is 51.0 Å². The van der Waals surface area contributed by atoms with E-state index in [1.807, 2.05) is 16.5 Å². The molecule has 1 aliphatic rings. The summed E-state index contributed by atoms with van der Waals surface area (Å²) in [4.78, 5) is 18.9. The van der Waals surface area contributed by atoms with Crippen LogP contribution in [0.2, 0.25) is 0 Å². The molecule has 1 amide bonds. The Morgan fingerprint density at radius 1 is 1.38 bits per heavy atom. The first-order valence-corrected chi connectivity index (χ1v) is 8.38. The van der Waals surface area contributed by atoms with Crippen LogP contribution in [0.3, 0.4) is 0 Å². The molecule has 0 spiro atoms. The molecule has 0 saturated heterocycles. The number of fused-ring (bicyclic) bond motifs is 1. The summed E-state index contributed by atoms with van der Waals surface area (Å²) in [5.41, 5.74) is 3.64. The summed E-state index contributed by atoms with van der Waals surface area (Å²) in [6.07, 6.45) is 3.16. The zero-order chi connectivity index (χ0) is 17.3. The minimum absolute atomic E-state index is 0.0251. The number of benzene rings is 1. The van der Waals surface area contributed by atoms with Gasteiger partial charge in [-0.25, -0.2) is 9.67 Å². The lowest BCUT2D eigenvalue weighted by Gasteiger charge is -2.34. The van der Waals surface area contributed by atoms with Crippen molar-refractivity contribution in [1.82, 2.24) is 19.7 Å². The summed E-state index contributed by atoms with van der Waals surface area (Å²) in [5, 5.41) is 4.45. The molecule has 126 valence electrons. The van der Waals surface area contributed by atoms with Crippen LogP contribution in [0.4, 0.5) is 0 Å². The third-order valence-electron chi connectivity index (χ3n) is 4.81. The molecule has 1 atom stereocenters. The lowest BCUT2D eigenvalue weighted by Crippen LogP contribution is -2.44. The predicted molar refractivity (Wildman–Crippen MR) is 93.5 cm³/mol. The smallest absolute Gasteiger partial charge is 0.246 e. The van der Waals surface area contributed by atoms with Crippen LogP contribution in [-0.4, -0.2) is 31.6 Å². The van der Waals surface area contributed by atoms with Crippen LogP contribution < -0.4 is 0 Å². The highest BCUT2D eigenvalue weighted by molar-refractivity contribution is 5.87. The zero-order valence-electron chi connectivity index (χ0n) is 14.6. The molecule has 1 aromatic heterocycles. The standard InChI is InChI=1S/C19H24N4O/c1-5-19(24)22(12-17-13(2)7-6-8-14(17)3)16-9-10-18-20-15(4)21-23(18)11-16/h5-8,16H,1,9-12H2,2-4H3. The molecular weight excluding hydrogens is 300 g/mol. The maximum absolute atomic E-state index is 12.5. The van der Waals surface area contributed by atoms with E-state index >= 15 is 0 Å². The fourth-order valence-corrected chi connectivity index (χ4v) is 3.44. The summed E-state index contributed by atoms with van der Waals surface area (Å²) >= 11 is 0. The Labute approximate surface area is 143 Å². The first-order valence-electron chi connectivity index (χ1n) is 8.38. The third kappa shape index (κ3) is 3.11. The van der Waals surface area contributed by atoms with Crippen LogP contribution >= 0.6 is 0 Å². The Kier molecular flexibility index (Phi) is 4.51. The van der Waals surface area contributed by atoms with Crippen LogP contribution in [0.1, 0.15) is 34.8 Å². The van der Waals surface area contributed by atoms with Crippen molar-refractivity contribution in [3.63, 3.8) is 0 Å². The van der Waals surface area contributed by atoms with E-state index in [9.17, 15) is 4.79 Å². The maximum Gasteiger partial charge on any atom is 0.246 e. The van der Waals surface area contributed by atoms with E-state index in [0.29, 0.717) is 13.1 Å². The Morgan fingerprint density at radius 2 is 2.08 bits per heavy atom. The van der Waals surface area contributed by atoms with Crippen molar-refractivity contribution in [1.29, 1.82) is 0 Å². The molecule has 2 heterocycles. The largest absolute Gasteiger partial charge is 0.330 e. The summed E-state index contributed by atoms with van der Waals surface area (Å²) in [6.45, 7) is 11.1. The highest BCUT2D eigenvalue weighted by atomic mass is 16.2. The third-order valence-corrected chi connectivity index (χ3v) is 4.81. The van der Waals surface area contributed by atoms with Crippen LogP contribution in [0, 0.1) is 20.8 Å². The van der Waals surface area contributed by atoms with Gasteiger partial charge in [-0.1, -0.05) is 24.8 Å². The molecule has 2 aromatic rings. The Hall–Kier alpha value is -2.43. The van der Waals surface area contributed by atoms with Crippen molar-refractivity contribution in [3.8, 4) is 0 Å². The molecule has 0 aliphatic carbocycles. The van der Waals surface area contributed by atoms with Crippen molar-refractivity contribution in [3.05, 3.63) is 59.2 Å². The SMILES string of the molecule is C=CC(=O)N(Cc1c(C)cccc1C)C1CCc2nc(C)nn2C1. The molecule has 0 N–H and O–H groups in total. The van der Waals surface area contributed by atoms with Crippen molar-refractivity contribution in [2.45, 2.75) is 52.7 Å². The molecule has 3 rings (SSSR count). The predicted octanol–water partition coefficient (Wildman–Crippen LogP) is 2.73. The highest BCUT2D eigenvalue weighted by Crippen LogP contribution is 2.23. The van der Waals surface area contributed by atoms with Crippen molar-refractivity contribution in [2.75, 3.05) is 0 Å². The molecule has 0 bridgehead atoms. The normalized spacial score (nSPS) is 16.5. The van der Waals surface area contributed by atoms with Gasteiger partial charge < -0.3 is 4.90 Å². The van der Waals surface area contributed by atoms with Gasteiger partial charge >= 0.3 is 0 Å². The number of hydrogen-bond acceptors (Lipinski definition) is 3. The van der Waals surface area contributed by atoms with Gasteiger partial charge in [0, 0.05) is 13.0 Å². The second-order valence-electron chi connectivity index (χ2n) is 6.49. The van der Waals surface area contributed by atoms with Gasteiger partial charge in [0.1, 0.15) is 11.6 Å². The van der Waals surface area contributed by atoms with E-state index in [1.165, 1.54) is 22.8 Å². The fraction of sp³-hybridized carbons (Fsp3) is 0.421. The van der Waals surface area contributed by atoms with Crippen LogP contribution in [-0.2, 0) is 24.3 Å². The minimum atomic E-state index is -0.0251. The van der Waals surface area contributed by atoms with E-state index in [2.05, 4.69) is 48.7 Å². The van der Waals surface area contributed by atoms with E-state index < -0.39 is 0 Å². The highest BCUT2D eigenvalue weighted by Gasteiger charge is 2.28. The first kappa shape index (κ1) is 16.4. The van der Waals surface area contributed by atoms with Crippen molar-refractivity contribution >= 4 is 5.91 Å². The van der Waals surface area contributed by atoms with Gasteiger partial charge in [0.2, 0.25) is 5.91 Å². The minimum Gasteiger partial charge on any atom is -0.330 e. The molecule has 5 heteroatoms. The molecule has 24 heavy (non-hydrogen) atoms. The van der Waals surface area contributed by atoms with Crippen LogP contribution in [0.25, 0.3) is 0 Å². The average Bonchev–Trinajstić information content (AvgIpc) is 2.93. The number of nitrogens with zero attached hydrogens (tertiary/aromatic N) is 4.